The highest BCUT2D eigenvalue weighted by molar-refractivity contribution is 8.00. The lowest BCUT2D eigenvalue weighted by atomic mass is 10.0. The number of nitrogen functional groups attached to an aromatic ring is 1. The highest BCUT2D eigenvalue weighted by Gasteiger charge is 2.53. The Morgan fingerprint density at radius 3 is 2.77 bits per heavy atom. The van der Waals surface area contributed by atoms with Crippen LogP contribution in [-0.4, -0.2) is 72.1 Å². The first-order chi connectivity index (χ1) is 19.2. The van der Waals surface area contributed by atoms with Crippen molar-refractivity contribution in [2.75, 3.05) is 11.5 Å². The molecule has 1 aliphatic carbocycles. The SMILES string of the molecule is Nc1nc(C(=NOC2CCCC2)C(=O)NC2C(=O)N3C(C(=O)[O-])=C(C[n+]4cccc(CC(=O)O)c4)CS[C@H]23)ns1. The van der Waals surface area contributed by atoms with Gasteiger partial charge in [-0.3, -0.25) is 19.3 Å². The minimum atomic E-state index is -1.52. The highest BCUT2D eigenvalue weighted by Crippen LogP contribution is 2.40. The molecular formula is C24H25N7O7S2. The molecule has 1 unspecified atom stereocenters. The maximum absolute atomic E-state index is 13.2. The monoisotopic (exact) mass is 587 g/mol. The second-order valence-corrected chi connectivity index (χ2v) is 11.4. The van der Waals surface area contributed by atoms with E-state index < -0.39 is 35.2 Å². The number of carboxylic acids is 2. The Bertz CT molecular complexity index is 1420. The molecule has 0 radical (unpaired) electrons. The summed E-state index contributed by atoms with van der Waals surface area (Å²) in [6.45, 7) is 0.115. The average Bonchev–Trinajstić information content (AvgIpc) is 3.59. The van der Waals surface area contributed by atoms with Crippen LogP contribution in [0.4, 0.5) is 5.13 Å². The van der Waals surface area contributed by atoms with Crippen LogP contribution in [0, 0.1) is 0 Å². The van der Waals surface area contributed by atoms with E-state index in [0.29, 0.717) is 11.1 Å². The molecule has 2 fully saturated rings. The Morgan fingerprint density at radius 2 is 2.10 bits per heavy atom. The zero-order valence-electron chi connectivity index (χ0n) is 21.0. The van der Waals surface area contributed by atoms with E-state index in [1.165, 1.54) is 11.8 Å². The zero-order valence-corrected chi connectivity index (χ0v) is 22.7. The molecule has 3 aliphatic rings. The van der Waals surface area contributed by atoms with Gasteiger partial charge in [-0.15, -0.1) is 11.8 Å². The predicted molar refractivity (Wildman–Crippen MR) is 139 cm³/mol. The van der Waals surface area contributed by atoms with Gasteiger partial charge >= 0.3 is 5.97 Å². The van der Waals surface area contributed by atoms with Crippen molar-refractivity contribution in [1.29, 1.82) is 0 Å². The molecule has 4 heterocycles. The fourth-order valence-corrected chi connectivity index (χ4v) is 6.58. The van der Waals surface area contributed by atoms with Crippen LogP contribution < -0.4 is 20.7 Å². The molecule has 16 heteroatoms. The Morgan fingerprint density at radius 1 is 1.32 bits per heavy atom. The van der Waals surface area contributed by atoms with Crippen LogP contribution in [0.2, 0.25) is 0 Å². The number of aliphatic carboxylic acids is 2. The number of amides is 2. The standard InChI is InChI=1S/C24H25N7O7S2/c25-24-27-19(29-40-24)16(28-38-14-5-1-2-6-14)20(34)26-17-21(35)31-18(23(36)37)13(11-39-22(17)31)10-30-7-3-4-12(9-30)8-15(32)33/h3-4,7,9,14,17,22H,1-2,5-6,8,10-11H2,(H4-,25,26,27,29,32,33,34,36,37)/t17?,22-/m1/s1. The molecule has 0 bridgehead atoms. The summed E-state index contributed by atoms with van der Waals surface area (Å²) in [7, 11) is 0. The molecule has 4 N–H and O–H groups in total. The fourth-order valence-electron chi connectivity index (χ4n) is 4.81. The van der Waals surface area contributed by atoms with Crippen molar-refractivity contribution in [1.82, 2.24) is 19.6 Å². The molecular weight excluding hydrogens is 562 g/mol. The van der Waals surface area contributed by atoms with Gasteiger partial charge in [-0.25, -0.2) is 4.57 Å². The number of carbonyl (C=O) groups is 4. The first-order valence-corrected chi connectivity index (χ1v) is 14.3. The summed E-state index contributed by atoms with van der Waals surface area (Å²) in [6, 6.07) is 2.30. The van der Waals surface area contributed by atoms with Gasteiger partial charge in [0.05, 0.1) is 18.1 Å². The van der Waals surface area contributed by atoms with E-state index in [0.717, 1.165) is 42.1 Å². The Labute approximate surface area is 236 Å². The molecule has 2 amide bonds. The van der Waals surface area contributed by atoms with Crippen LogP contribution in [0.3, 0.4) is 0 Å². The quantitative estimate of drug-likeness (QED) is 0.130. The van der Waals surface area contributed by atoms with Crippen LogP contribution >= 0.6 is 23.3 Å². The molecule has 2 atom stereocenters. The lowest BCUT2D eigenvalue weighted by Gasteiger charge is -2.50. The summed E-state index contributed by atoms with van der Waals surface area (Å²) in [5.74, 6) is -3.66. The van der Waals surface area contributed by atoms with Gasteiger partial charge in [0, 0.05) is 34.5 Å². The largest absolute Gasteiger partial charge is 0.543 e. The molecule has 5 rings (SSSR count). The molecule has 210 valence electrons. The average molecular weight is 588 g/mol. The van der Waals surface area contributed by atoms with Crippen molar-refractivity contribution < 1.29 is 38.8 Å². The van der Waals surface area contributed by atoms with E-state index in [1.807, 2.05) is 0 Å². The minimum Gasteiger partial charge on any atom is -0.543 e. The van der Waals surface area contributed by atoms with Crippen LogP contribution in [0.1, 0.15) is 37.1 Å². The van der Waals surface area contributed by atoms with Crippen LogP contribution in [0.15, 0.2) is 41.0 Å². The lowest BCUT2D eigenvalue weighted by molar-refractivity contribution is -0.689. The fraction of sp³-hybridized carbons (Fsp3) is 0.417. The topological polar surface area (TPSA) is 204 Å². The number of oxime groups is 1. The Hall–Kier alpha value is -4.05. The number of carbonyl (C=O) groups excluding carboxylic acids is 3. The highest BCUT2D eigenvalue weighted by atomic mass is 32.2. The third-order valence-corrected chi connectivity index (χ3v) is 8.52. The number of aromatic nitrogens is 3. The van der Waals surface area contributed by atoms with Crippen LogP contribution in [0.5, 0.6) is 0 Å². The third kappa shape index (κ3) is 5.77. The number of carboxylic acid groups (broad SMARTS) is 2. The molecule has 0 aromatic carbocycles. The Kier molecular flexibility index (Phi) is 7.97. The van der Waals surface area contributed by atoms with Crippen molar-refractivity contribution >= 4 is 57.9 Å². The van der Waals surface area contributed by atoms with Gasteiger partial charge in [-0.1, -0.05) is 5.16 Å². The summed E-state index contributed by atoms with van der Waals surface area (Å²) < 4.78 is 5.70. The number of anilines is 1. The number of nitrogens with zero attached hydrogens (tertiary/aromatic N) is 5. The van der Waals surface area contributed by atoms with Crippen LogP contribution in [0.25, 0.3) is 0 Å². The van der Waals surface area contributed by atoms with Crippen molar-refractivity contribution in [3.63, 3.8) is 0 Å². The minimum absolute atomic E-state index is 0.0299. The number of pyridine rings is 1. The molecule has 2 aromatic heterocycles. The second-order valence-electron chi connectivity index (χ2n) is 9.46. The van der Waals surface area contributed by atoms with Crippen molar-refractivity contribution in [2.24, 2.45) is 5.16 Å². The second kappa shape index (κ2) is 11.6. The predicted octanol–water partition coefficient (Wildman–Crippen LogP) is -1.20. The number of hydrogen-bond donors (Lipinski definition) is 3. The summed E-state index contributed by atoms with van der Waals surface area (Å²) in [6.07, 6.45) is 6.58. The van der Waals surface area contributed by atoms with E-state index in [4.69, 9.17) is 15.7 Å². The number of β-lactam (4-membered cyclic amide) rings is 1. The molecule has 14 nitrogen and oxygen atoms in total. The van der Waals surface area contributed by atoms with Gasteiger partial charge in [-0.2, -0.15) is 9.36 Å². The van der Waals surface area contributed by atoms with E-state index in [2.05, 4.69) is 19.8 Å². The van der Waals surface area contributed by atoms with Gasteiger partial charge in [0.25, 0.3) is 11.8 Å². The summed E-state index contributed by atoms with van der Waals surface area (Å²) in [4.78, 5) is 60.2. The first kappa shape index (κ1) is 27.5. The number of nitrogens with one attached hydrogen (secondary N) is 1. The van der Waals surface area contributed by atoms with Crippen molar-refractivity contribution in [3.05, 3.63) is 47.2 Å². The lowest BCUT2D eigenvalue weighted by Crippen LogP contribution is -2.71. The van der Waals surface area contributed by atoms with E-state index >= 15 is 0 Å². The first-order valence-electron chi connectivity index (χ1n) is 12.4. The smallest absolute Gasteiger partial charge is 0.308 e. The maximum atomic E-state index is 13.2. The third-order valence-electron chi connectivity index (χ3n) is 6.64. The van der Waals surface area contributed by atoms with E-state index in [1.54, 1.807) is 29.1 Å². The van der Waals surface area contributed by atoms with Gasteiger partial charge in [0.2, 0.25) is 11.5 Å². The summed E-state index contributed by atoms with van der Waals surface area (Å²) in [5.41, 5.74) is 6.16. The number of thioether (sulfide) groups is 1. The molecule has 40 heavy (non-hydrogen) atoms. The van der Waals surface area contributed by atoms with Crippen molar-refractivity contribution in [2.45, 2.75) is 56.2 Å². The van der Waals surface area contributed by atoms with Gasteiger partial charge < -0.3 is 30.9 Å². The zero-order chi connectivity index (χ0) is 28.4. The van der Waals surface area contributed by atoms with Gasteiger partial charge in [-0.05, 0) is 31.7 Å². The molecule has 0 spiro atoms. The van der Waals surface area contributed by atoms with E-state index in [9.17, 15) is 24.3 Å². The molecule has 2 aromatic rings. The van der Waals surface area contributed by atoms with Crippen LogP contribution in [-0.2, 0) is 37.0 Å². The normalized spacial score (nSPS) is 21.1. The maximum Gasteiger partial charge on any atom is 0.308 e. The van der Waals surface area contributed by atoms with Gasteiger partial charge in [0.1, 0.15) is 17.5 Å². The number of rotatable bonds is 10. The van der Waals surface area contributed by atoms with E-state index in [-0.39, 0.29) is 47.2 Å². The molecule has 1 saturated carbocycles. The number of hydrogen-bond acceptors (Lipinski definition) is 12. The number of nitrogens with two attached hydrogens (primary N) is 1. The summed E-state index contributed by atoms with van der Waals surface area (Å²) in [5, 5.41) is 27.3. The van der Waals surface area contributed by atoms with Crippen molar-refractivity contribution in [3.8, 4) is 0 Å². The molecule has 2 aliphatic heterocycles. The van der Waals surface area contributed by atoms with Gasteiger partial charge in [0.15, 0.2) is 24.1 Å². The summed E-state index contributed by atoms with van der Waals surface area (Å²) >= 11 is 2.17. The number of fused-ring (bicyclic) bond motifs is 1. The molecule has 1 saturated heterocycles. The Balaban J connectivity index is 1.32.